The molecule has 254 valence electrons. The van der Waals surface area contributed by atoms with Crippen molar-refractivity contribution in [1.29, 1.82) is 5.26 Å². The van der Waals surface area contributed by atoms with E-state index in [0.29, 0.717) is 5.92 Å². The van der Waals surface area contributed by atoms with Gasteiger partial charge in [-0.05, 0) is 106 Å². The Morgan fingerprint density at radius 3 is 2.45 bits per heavy atom. The summed E-state index contributed by atoms with van der Waals surface area (Å²) in [5.74, 6) is 0.358. The van der Waals surface area contributed by atoms with Crippen LogP contribution >= 0.6 is 0 Å². The number of carbonyl (C=O) groups is 2. The number of hydrogen-bond donors (Lipinski definition) is 2. The lowest BCUT2D eigenvalue weighted by Gasteiger charge is -2.51. The van der Waals surface area contributed by atoms with Gasteiger partial charge in [-0.1, -0.05) is 18.6 Å². The Balaban J connectivity index is 1.30. The molecular weight excluding hydrogens is 599 g/mol. The molecule has 2 saturated heterocycles. The molecule has 1 saturated carbocycles. The van der Waals surface area contributed by atoms with E-state index >= 15 is 0 Å². The number of alkyl carbamates (subject to hydrolysis) is 2. The molecule has 3 atom stereocenters. The van der Waals surface area contributed by atoms with Crippen LogP contribution in [0.2, 0.25) is 0 Å². The Bertz CT molecular complexity index is 1430. The van der Waals surface area contributed by atoms with Gasteiger partial charge >= 0.3 is 12.2 Å². The SMILES string of the molecule is COC(=O)NC[C@@](c1cccc(F)c1)(C1CCN(CC2CN(c3ccc(C#N)c(CN(C)C)c3)C2)CC1)[C@H]1CCC[C@@H]1NC(=O)OC. The van der Waals surface area contributed by atoms with E-state index < -0.39 is 17.6 Å². The number of rotatable bonds is 11. The Kier molecular flexibility index (Phi) is 11.3. The van der Waals surface area contributed by atoms with E-state index in [2.05, 4.69) is 43.5 Å². The number of anilines is 1. The van der Waals surface area contributed by atoms with Crippen molar-refractivity contribution in [3.63, 3.8) is 0 Å². The first-order chi connectivity index (χ1) is 22.7. The summed E-state index contributed by atoms with van der Waals surface area (Å²) in [5, 5.41) is 15.6. The topological polar surface area (TPSA) is 110 Å². The molecule has 0 spiro atoms. The van der Waals surface area contributed by atoms with Gasteiger partial charge in [-0.25, -0.2) is 14.0 Å². The number of carbonyl (C=O) groups excluding carboxylic acids is 2. The number of nitriles is 1. The van der Waals surface area contributed by atoms with Crippen molar-refractivity contribution in [1.82, 2.24) is 20.4 Å². The van der Waals surface area contributed by atoms with Crippen molar-refractivity contribution in [3.05, 3.63) is 65.0 Å². The maximum atomic E-state index is 14.9. The lowest BCUT2D eigenvalue weighted by Crippen LogP contribution is -2.58. The molecule has 2 amide bonds. The van der Waals surface area contributed by atoms with Crippen LogP contribution in [0, 0.1) is 34.9 Å². The maximum Gasteiger partial charge on any atom is 0.407 e. The monoisotopic (exact) mass is 648 g/mol. The van der Waals surface area contributed by atoms with Crippen LogP contribution in [-0.2, 0) is 21.4 Å². The average Bonchev–Trinajstić information content (AvgIpc) is 3.51. The van der Waals surface area contributed by atoms with Gasteiger partial charge in [0.2, 0.25) is 0 Å². The number of halogens is 1. The molecule has 0 bridgehead atoms. The molecule has 3 aliphatic rings. The van der Waals surface area contributed by atoms with Crippen LogP contribution in [-0.4, -0.2) is 95.6 Å². The number of piperidine rings is 1. The Morgan fingerprint density at radius 2 is 1.79 bits per heavy atom. The van der Waals surface area contributed by atoms with E-state index in [1.165, 1.54) is 26.0 Å². The number of methoxy groups -OCH3 is 2. The Morgan fingerprint density at radius 1 is 1.04 bits per heavy atom. The summed E-state index contributed by atoms with van der Waals surface area (Å²) in [4.78, 5) is 31.9. The van der Waals surface area contributed by atoms with Gasteiger partial charge < -0.3 is 34.8 Å². The van der Waals surface area contributed by atoms with Crippen LogP contribution in [0.15, 0.2) is 42.5 Å². The fourth-order valence-corrected chi connectivity index (χ4v) is 8.41. The van der Waals surface area contributed by atoms with Crippen molar-refractivity contribution >= 4 is 17.9 Å². The summed E-state index contributed by atoms with van der Waals surface area (Å²) in [6.45, 7) is 5.79. The smallest absolute Gasteiger partial charge is 0.407 e. The minimum absolute atomic E-state index is 0.0258. The van der Waals surface area contributed by atoms with Crippen molar-refractivity contribution in [2.45, 2.75) is 50.1 Å². The molecule has 0 aromatic heterocycles. The highest BCUT2D eigenvalue weighted by atomic mass is 19.1. The zero-order chi connectivity index (χ0) is 33.6. The summed E-state index contributed by atoms with van der Waals surface area (Å²) in [7, 11) is 6.74. The third kappa shape index (κ3) is 7.82. The average molecular weight is 649 g/mol. The summed E-state index contributed by atoms with van der Waals surface area (Å²) in [5.41, 5.74) is 3.18. The molecule has 2 N–H and O–H groups in total. The molecule has 2 aliphatic heterocycles. The summed E-state index contributed by atoms with van der Waals surface area (Å²) < 4.78 is 24.8. The van der Waals surface area contributed by atoms with Crippen LogP contribution in [0.25, 0.3) is 0 Å². The van der Waals surface area contributed by atoms with Gasteiger partial charge in [-0.2, -0.15) is 5.26 Å². The van der Waals surface area contributed by atoms with Crippen LogP contribution in [0.1, 0.15) is 48.8 Å². The minimum Gasteiger partial charge on any atom is -0.453 e. The third-order valence-electron chi connectivity index (χ3n) is 10.6. The second kappa shape index (κ2) is 15.3. The van der Waals surface area contributed by atoms with E-state index in [1.54, 1.807) is 12.1 Å². The quantitative estimate of drug-likeness (QED) is 0.360. The third-order valence-corrected chi connectivity index (χ3v) is 10.6. The molecule has 0 radical (unpaired) electrons. The van der Waals surface area contributed by atoms with Crippen molar-refractivity contribution in [2.24, 2.45) is 17.8 Å². The molecule has 2 heterocycles. The molecular formula is C36H49FN6O4. The number of nitrogens with one attached hydrogen (secondary N) is 2. The lowest BCUT2D eigenvalue weighted by atomic mass is 9.58. The summed E-state index contributed by atoms with van der Waals surface area (Å²) in [6, 6.07) is 15.1. The van der Waals surface area contributed by atoms with Gasteiger partial charge in [0.15, 0.2) is 0 Å². The maximum absolute atomic E-state index is 14.9. The molecule has 5 rings (SSSR count). The van der Waals surface area contributed by atoms with Crippen molar-refractivity contribution in [2.75, 3.05) is 72.5 Å². The molecule has 3 fully saturated rings. The van der Waals surface area contributed by atoms with Gasteiger partial charge in [0.25, 0.3) is 0 Å². The van der Waals surface area contributed by atoms with E-state index in [0.717, 1.165) is 88.1 Å². The predicted molar refractivity (Wildman–Crippen MR) is 179 cm³/mol. The van der Waals surface area contributed by atoms with Crippen LogP contribution in [0.5, 0.6) is 0 Å². The second-order valence-corrected chi connectivity index (χ2v) is 13.7. The first kappa shape index (κ1) is 34.5. The zero-order valence-corrected chi connectivity index (χ0v) is 28.1. The van der Waals surface area contributed by atoms with Crippen molar-refractivity contribution in [3.8, 4) is 6.07 Å². The lowest BCUT2D eigenvalue weighted by molar-refractivity contribution is 0.0642. The Labute approximate surface area is 278 Å². The standard InChI is InChI=1S/C36H49FN6O4/c1-41(2)23-27-17-31(12-11-26(27)19-38)43-21-25(22-43)20-42-15-13-28(14-16-42)36(24-39-34(44)46-3,29-7-5-8-30(37)18-29)32-9-6-10-33(32)40-35(45)47-4/h5,7-8,11-12,17-18,25,28,32-33H,6,9-10,13-16,20-24H2,1-4H3,(H,39,44)(H,40,45)/t32-,33-,36-/m0/s1. The van der Waals surface area contributed by atoms with Crippen LogP contribution in [0.3, 0.4) is 0 Å². The van der Waals surface area contributed by atoms with Gasteiger partial charge in [-0.3, -0.25) is 0 Å². The molecule has 2 aromatic carbocycles. The van der Waals surface area contributed by atoms with E-state index in [4.69, 9.17) is 9.47 Å². The minimum atomic E-state index is -0.613. The fourth-order valence-electron chi connectivity index (χ4n) is 8.41. The van der Waals surface area contributed by atoms with Gasteiger partial charge in [0.05, 0.1) is 25.9 Å². The molecule has 10 nitrogen and oxygen atoms in total. The fraction of sp³-hybridized carbons (Fsp3) is 0.583. The first-order valence-corrected chi connectivity index (χ1v) is 16.7. The van der Waals surface area contributed by atoms with Gasteiger partial charge in [0.1, 0.15) is 5.82 Å². The second-order valence-electron chi connectivity index (χ2n) is 13.7. The molecule has 2 aromatic rings. The summed E-state index contributed by atoms with van der Waals surface area (Å²) in [6.07, 6.45) is 3.34. The highest BCUT2D eigenvalue weighted by Gasteiger charge is 2.52. The van der Waals surface area contributed by atoms with E-state index in [1.807, 2.05) is 26.2 Å². The molecule has 1 aliphatic carbocycles. The van der Waals surface area contributed by atoms with Crippen LogP contribution in [0.4, 0.5) is 19.7 Å². The van der Waals surface area contributed by atoms with Gasteiger partial charge in [-0.15, -0.1) is 0 Å². The highest BCUT2D eigenvalue weighted by molar-refractivity contribution is 5.68. The highest BCUT2D eigenvalue weighted by Crippen LogP contribution is 2.50. The number of benzene rings is 2. The molecule has 11 heteroatoms. The predicted octanol–water partition coefficient (Wildman–Crippen LogP) is 4.73. The Hall–Kier alpha value is -3.88. The van der Waals surface area contributed by atoms with E-state index in [-0.39, 0.29) is 30.2 Å². The number of hydrogen-bond acceptors (Lipinski definition) is 8. The van der Waals surface area contributed by atoms with Gasteiger partial charge in [0, 0.05) is 55.8 Å². The number of nitrogens with zero attached hydrogens (tertiary/aromatic N) is 4. The normalized spacial score (nSPS) is 21.9. The number of amides is 2. The van der Waals surface area contributed by atoms with E-state index in [9.17, 15) is 19.2 Å². The van der Waals surface area contributed by atoms with Crippen molar-refractivity contribution < 1.29 is 23.5 Å². The number of likely N-dealkylation sites (tertiary alicyclic amines) is 1. The zero-order valence-electron chi connectivity index (χ0n) is 28.1. The molecule has 47 heavy (non-hydrogen) atoms. The molecule has 0 unspecified atom stereocenters. The summed E-state index contributed by atoms with van der Waals surface area (Å²) >= 11 is 0. The number of ether oxygens (including phenoxy) is 2. The van der Waals surface area contributed by atoms with Crippen LogP contribution < -0.4 is 15.5 Å². The first-order valence-electron chi connectivity index (χ1n) is 16.7. The largest absolute Gasteiger partial charge is 0.453 e.